The highest BCUT2D eigenvalue weighted by Crippen LogP contribution is 2.32. The van der Waals surface area contributed by atoms with E-state index in [-0.39, 0.29) is 5.91 Å². The summed E-state index contributed by atoms with van der Waals surface area (Å²) >= 11 is 6.12. The number of halogens is 1. The quantitative estimate of drug-likeness (QED) is 0.467. The summed E-state index contributed by atoms with van der Waals surface area (Å²) in [6.07, 6.45) is 3.01. The molecule has 0 saturated carbocycles. The fourth-order valence-corrected chi connectivity index (χ4v) is 2.98. The second kappa shape index (κ2) is 11.6. The zero-order valence-corrected chi connectivity index (χ0v) is 18.4. The molecule has 1 amide bonds. The van der Waals surface area contributed by atoms with Gasteiger partial charge in [-0.15, -0.1) is 0 Å². The van der Waals surface area contributed by atoms with Crippen molar-refractivity contribution in [3.63, 3.8) is 0 Å². The number of unbranched alkanes of at least 4 members (excludes halogenated alkanes) is 1. The maximum absolute atomic E-state index is 12.4. The number of benzene rings is 2. The predicted octanol–water partition coefficient (Wildman–Crippen LogP) is 5.81. The van der Waals surface area contributed by atoms with E-state index in [9.17, 15) is 4.79 Å². The highest BCUT2D eigenvalue weighted by molar-refractivity contribution is 6.31. The number of rotatable bonds is 11. The minimum atomic E-state index is -0.0914. The molecule has 0 fully saturated rings. The van der Waals surface area contributed by atoms with Crippen LogP contribution in [0.25, 0.3) is 0 Å². The Balaban J connectivity index is 2.01. The second-order valence-corrected chi connectivity index (χ2v) is 7.17. The summed E-state index contributed by atoms with van der Waals surface area (Å²) in [6.45, 7) is 7.18. The average molecular weight is 420 g/mol. The van der Waals surface area contributed by atoms with Crippen LogP contribution in [0.1, 0.15) is 44.2 Å². The summed E-state index contributed by atoms with van der Waals surface area (Å²) in [4.78, 5) is 12.4. The number of aryl methyl sites for hydroxylation is 2. The van der Waals surface area contributed by atoms with Crippen molar-refractivity contribution >= 4 is 23.2 Å². The van der Waals surface area contributed by atoms with Crippen LogP contribution >= 0.6 is 11.6 Å². The fourth-order valence-electron chi connectivity index (χ4n) is 2.82. The summed E-state index contributed by atoms with van der Waals surface area (Å²) in [5.41, 5.74) is 2.52. The van der Waals surface area contributed by atoms with Gasteiger partial charge >= 0.3 is 0 Å². The van der Waals surface area contributed by atoms with Gasteiger partial charge in [0.2, 0.25) is 5.91 Å². The molecule has 2 aromatic rings. The van der Waals surface area contributed by atoms with E-state index >= 15 is 0 Å². The highest BCUT2D eigenvalue weighted by Gasteiger charge is 2.12. The topological polar surface area (TPSA) is 56.8 Å². The lowest BCUT2D eigenvalue weighted by molar-refractivity contribution is -0.116. The van der Waals surface area contributed by atoms with Crippen molar-refractivity contribution in [2.75, 3.05) is 25.6 Å². The lowest BCUT2D eigenvalue weighted by atomic mass is 10.1. The molecule has 0 aliphatic carbocycles. The van der Waals surface area contributed by atoms with Crippen LogP contribution in [0, 0.1) is 6.92 Å². The maximum atomic E-state index is 12.4. The minimum absolute atomic E-state index is 0.0914. The monoisotopic (exact) mass is 419 g/mol. The molecule has 0 saturated heterocycles. The standard InChI is InChI=1S/C23H30ClNO4/c1-5-7-12-29-20-10-8-17(14-22(20)28-6-2)9-11-23(26)25-19-13-16(3)18(24)15-21(19)27-4/h8,10,13-15H,5-7,9,11-12H2,1-4H3,(H,25,26). The molecule has 2 aromatic carbocycles. The molecule has 0 aliphatic rings. The zero-order valence-electron chi connectivity index (χ0n) is 17.6. The fraction of sp³-hybridized carbons (Fsp3) is 0.435. The molecule has 0 unspecified atom stereocenters. The first-order valence-corrected chi connectivity index (χ1v) is 10.4. The molecular weight excluding hydrogens is 390 g/mol. The molecule has 0 bridgehead atoms. The summed E-state index contributed by atoms with van der Waals surface area (Å²) in [5.74, 6) is 1.92. The van der Waals surface area contributed by atoms with E-state index in [0.29, 0.717) is 42.5 Å². The van der Waals surface area contributed by atoms with Crippen molar-refractivity contribution in [3.8, 4) is 17.2 Å². The van der Waals surface area contributed by atoms with Gasteiger partial charge in [-0.2, -0.15) is 0 Å². The molecule has 158 valence electrons. The summed E-state index contributed by atoms with van der Waals surface area (Å²) < 4.78 is 16.8. The van der Waals surface area contributed by atoms with Gasteiger partial charge in [-0.25, -0.2) is 0 Å². The first-order chi connectivity index (χ1) is 14.0. The van der Waals surface area contributed by atoms with Crippen molar-refractivity contribution in [1.82, 2.24) is 0 Å². The molecule has 6 heteroatoms. The Morgan fingerprint density at radius 2 is 1.86 bits per heavy atom. The van der Waals surface area contributed by atoms with Crippen molar-refractivity contribution in [1.29, 1.82) is 0 Å². The predicted molar refractivity (Wildman–Crippen MR) is 118 cm³/mol. The number of anilines is 1. The lowest BCUT2D eigenvalue weighted by Gasteiger charge is -2.14. The molecule has 0 heterocycles. The molecule has 29 heavy (non-hydrogen) atoms. The Morgan fingerprint density at radius 3 is 2.55 bits per heavy atom. The molecule has 5 nitrogen and oxygen atoms in total. The highest BCUT2D eigenvalue weighted by atomic mass is 35.5. The van der Waals surface area contributed by atoms with E-state index in [1.54, 1.807) is 13.2 Å². The summed E-state index contributed by atoms with van der Waals surface area (Å²) in [7, 11) is 1.55. The van der Waals surface area contributed by atoms with Gasteiger partial charge in [-0.05, 0) is 56.0 Å². The van der Waals surface area contributed by atoms with Gasteiger partial charge < -0.3 is 19.5 Å². The van der Waals surface area contributed by atoms with Gasteiger partial charge in [0.25, 0.3) is 0 Å². The van der Waals surface area contributed by atoms with Crippen molar-refractivity contribution < 1.29 is 19.0 Å². The van der Waals surface area contributed by atoms with Crippen LogP contribution < -0.4 is 19.5 Å². The Hall–Kier alpha value is -2.40. The SMILES string of the molecule is CCCCOc1ccc(CCC(=O)Nc2cc(C)c(Cl)cc2OC)cc1OCC. The lowest BCUT2D eigenvalue weighted by Crippen LogP contribution is -2.13. The average Bonchev–Trinajstić information content (AvgIpc) is 2.70. The van der Waals surface area contributed by atoms with E-state index in [0.717, 1.165) is 35.5 Å². The van der Waals surface area contributed by atoms with Crippen molar-refractivity contribution in [2.45, 2.75) is 46.5 Å². The molecule has 1 N–H and O–H groups in total. The number of carbonyl (C=O) groups excluding carboxylic acids is 1. The van der Waals surface area contributed by atoms with E-state index in [4.69, 9.17) is 25.8 Å². The van der Waals surface area contributed by atoms with Crippen LogP contribution in [-0.2, 0) is 11.2 Å². The molecule has 0 aromatic heterocycles. The number of hydrogen-bond acceptors (Lipinski definition) is 4. The van der Waals surface area contributed by atoms with Crippen LogP contribution in [0.5, 0.6) is 17.2 Å². The van der Waals surface area contributed by atoms with E-state index in [1.165, 1.54) is 0 Å². The maximum Gasteiger partial charge on any atom is 0.224 e. The third-order valence-corrected chi connectivity index (χ3v) is 4.87. The second-order valence-electron chi connectivity index (χ2n) is 6.77. The van der Waals surface area contributed by atoms with Gasteiger partial charge in [0.05, 0.1) is 26.0 Å². The first kappa shape index (κ1) is 22.9. The van der Waals surface area contributed by atoms with Crippen LogP contribution in [0.15, 0.2) is 30.3 Å². The number of nitrogens with one attached hydrogen (secondary N) is 1. The number of methoxy groups -OCH3 is 1. The van der Waals surface area contributed by atoms with E-state index < -0.39 is 0 Å². The first-order valence-electron chi connectivity index (χ1n) is 10.0. The van der Waals surface area contributed by atoms with E-state index in [2.05, 4.69) is 12.2 Å². The van der Waals surface area contributed by atoms with Crippen molar-refractivity contribution in [2.24, 2.45) is 0 Å². The number of ether oxygens (including phenoxy) is 3. The smallest absolute Gasteiger partial charge is 0.224 e. The molecule has 0 radical (unpaired) electrons. The van der Waals surface area contributed by atoms with Gasteiger partial charge in [-0.3, -0.25) is 4.79 Å². The van der Waals surface area contributed by atoms with Crippen LogP contribution in [0.3, 0.4) is 0 Å². The molecule has 0 aliphatic heterocycles. The number of amides is 1. The largest absolute Gasteiger partial charge is 0.495 e. The van der Waals surface area contributed by atoms with Gasteiger partial charge in [0.15, 0.2) is 11.5 Å². The zero-order chi connectivity index (χ0) is 21.2. The Bertz CT molecular complexity index is 823. The van der Waals surface area contributed by atoms with Gasteiger partial charge in [-0.1, -0.05) is 31.0 Å². The third-order valence-electron chi connectivity index (χ3n) is 4.46. The number of hydrogen-bond donors (Lipinski definition) is 1. The number of carbonyl (C=O) groups is 1. The van der Waals surface area contributed by atoms with Gasteiger partial charge in [0.1, 0.15) is 5.75 Å². The van der Waals surface area contributed by atoms with Gasteiger partial charge in [0, 0.05) is 17.5 Å². The Morgan fingerprint density at radius 1 is 1.07 bits per heavy atom. The normalized spacial score (nSPS) is 10.5. The molecule has 2 rings (SSSR count). The summed E-state index contributed by atoms with van der Waals surface area (Å²) in [5, 5.41) is 3.51. The van der Waals surface area contributed by atoms with Crippen LogP contribution in [-0.4, -0.2) is 26.2 Å². The van der Waals surface area contributed by atoms with E-state index in [1.807, 2.05) is 38.1 Å². The molecular formula is C23H30ClNO4. The van der Waals surface area contributed by atoms with Crippen LogP contribution in [0.4, 0.5) is 5.69 Å². The molecule has 0 atom stereocenters. The van der Waals surface area contributed by atoms with Crippen LogP contribution in [0.2, 0.25) is 5.02 Å². The third kappa shape index (κ3) is 6.86. The van der Waals surface area contributed by atoms with Crippen molar-refractivity contribution in [3.05, 3.63) is 46.5 Å². The minimum Gasteiger partial charge on any atom is -0.495 e. The molecule has 0 spiro atoms. The summed E-state index contributed by atoms with van der Waals surface area (Å²) in [6, 6.07) is 9.36. The Kier molecular flexibility index (Phi) is 9.13. The Labute approximate surface area is 178 Å².